The highest BCUT2D eigenvalue weighted by Gasteiger charge is 2.23. The Hall–Kier alpha value is -3.82. The molecule has 0 amide bonds. The van der Waals surface area contributed by atoms with E-state index in [4.69, 9.17) is 4.98 Å². The number of carbonyl (C=O) groups excluding carboxylic acids is 1. The first-order valence-corrected chi connectivity index (χ1v) is 11.0. The van der Waals surface area contributed by atoms with E-state index < -0.39 is 0 Å². The maximum absolute atomic E-state index is 13.8. The number of aromatic nitrogens is 1. The van der Waals surface area contributed by atoms with Crippen LogP contribution >= 0.6 is 11.3 Å². The lowest BCUT2D eigenvalue weighted by molar-refractivity contribution is 0.106. The van der Waals surface area contributed by atoms with Crippen LogP contribution in [0.4, 0.5) is 0 Å². The van der Waals surface area contributed by atoms with Crippen molar-refractivity contribution in [2.24, 2.45) is 0 Å². The van der Waals surface area contributed by atoms with E-state index in [9.17, 15) is 4.79 Å². The van der Waals surface area contributed by atoms with E-state index in [1.807, 2.05) is 115 Å². The molecule has 3 aromatic carbocycles. The summed E-state index contributed by atoms with van der Waals surface area (Å²) < 4.78 is 0. The largest absolute Gasteiger partial charge is 0.288 e. The lowest BCUT2D eigenvalue weighted by Gasteiger charge is -2.16. The van der Waals surface area contributed by atoms with Gasteiger partial charge >= 0.3 is 0 Å². The highest BCUT2D eigenvalue weighted by molar-refractivity contribution is 7.12. The topological polar surface area (TPSA) is 30.0 Å². The fourth-order valence-electron chi connectivity index (χ4n) is 3.76. The summed E-state index contributed by atoms with van der Waals surface area (Å²) in [7, 11) is 0. The summed E-state index contributed by atoms with van der Waals surface area (Å²) in [4.78, 5) is 19.5. The second-order valence-corrected chi connectivity index (χ2v) is 8.13. The van der Waals surface area contributed by atoms with Gasteiger partial charge in [0.2, 0.25) is 5.78 Å². The molecule has 0 saturated heterocycles. The smallest absolute Gasteiger partial charge is 0.205 e. The second-order valence-electron chi connectivity index (χ2n) is 7.18. The van der Waals surface area contributed by atoms with Crippen molar-refractivity contribution in [3.8, 4) is 0 Å². The van der Waals surface area contributed by atoms with Crippen molar-refractivity contribution in [3.05, 3.63) is 136 Å². The van der Waals surface area contributed by atoms with Gasteiger partial charge in [-0.15, -0.1) is 11.3 Å². The number of nitrogens with zero attached hydrogens (tertiary/aromatic N) is 1. The third kappa shape index (κ3) is 3.83. The number of fused-ring (bicyclic) bond motifs is 1. The van der Waals surface area contributed by atoms with Crippen molar-refractivity contribution >= 4 is 39.2 Å². The van der Waals surface area contributed by atoms with Crippen LogP contribution < -0.4 is 0 Å². The third-order valence-corrected chi connectivity index (χ3v) is 6.07. The summed E-state index contributed by atoms with van der Waals surface area (Å²) in [5.41, 5.74) is 5.04. The highest BCUT2D eigenvalue weighted by Crippen LogP contribution is 2.35. The van der Waals surface area contributed by atoms with Crippen molar-refractivity contribution in [2.75, 3.05) is 0 Å². The Kier molecular flexibility index (Phi) is 5.26. The molecular weight excluding hydrogens is 398 g/mol. The minimum atomic E-state index is -0.0134. The third-order valence-electron chi connectivity index (χ3n) is 5.20. The van der Waals surface area contributed by atoms with Crippen LogP contribution in [0.25, 0.3) is 22.0 Å². The SMILES string of the molecule is O=C(C(=C(c1ccccc1)c1ccccc1)c1ccc2ccccc2n1)c1cccs1. The maximum Gasteiger partial charge on any atom is 0.205 e. The van der Waals surface area contributed by atoms with Gasteiger partial charge < -0.3 is 0 Å². The first kappa shape index (κ1) is 19.2. The molecule has 0 atom stereocenters. The molecule has 2 aromatic heterocycles. The highest BCUT2D eigenvalue weighted by atomic mass is 32.1. The molecule has 5 aromatic rings. The Labute approximate surface area is 185 Å². The maximum atomic E-state index is 13.8. The number of thiophene rings is 1. The van der Waals surface area contributed by atoms with Crippen molar-refractivity contribution in [1.29, 1.82) is 0 Å². The Bertz CT molecular complexity index is 1330. The molecule has 0 aliphatic heterocycles. The monoisotopic (exact) mass is 417 g/mol. The second kappa shape index (κ2) is 8.50. The Morgan fingerprint density at radius 2 is 1.29 bits per heavy atom. The van der Waals surface area contributed by atoms with Gasteiger partial charge in [0.1, 0.15) is 0 Å². The number of para-hydroxylation sites is 1. The zero-order valence-corrected chi connectivity index (χ0v) is 17.5. The van der Waals surface area contributed by atoms with Gasteiger partial charge in [0.25, 0.3) is 0 Å². The first-order chi connectivity index (χ1) is 15.3. The zero-order chi connectivity index (χ0) is 21.0. The van der Waals surface area contributed by atoms with E-state index in [1.54, 1.807) is 0 Å². The number of allylic oxidation sites excluding steroid dienone is 1. The molecule has 2 nitrogen and oxygen atoms in total. The predicted molar refractivity (Wildman–Crippen MR) is 129 cm³/mol. The molecule has 3 heteroatoms. The summed E-state index contributed by atoms with van der Waals surface area (Å²) in [5.74, 6) is -0.0134. The van der Waals surface area contributed by atoms with Gasteiger partial charge in [0.05, 0.1) is 21.7 Å². The van der Waals surface area contributed by atoms with Crippen molar-refractivity contribution < 1.29 is 4.79 Å². The number of Topliss-reactive ketones (excluding diaryl/α,β-unsaturated/α-hetero) is 1. The summed E-state index contributed by atoms with van der Waals surface area (Å²) in [6.45, 7) is 0. The van der Waals surface area contributed by atoms with Gasteiger partial charge in [-0.2, -0.15) is 0 Å². The molecule has 0 unspecified atom stereocenters. The molecule has 0 aliphatic rings. The van der Waals surface area contributed by atoms with Crippen molar-refractivity contribution in [1.82, 2.24) is 4.98 Å². The minimum Gasteiger partial charge on any atom is -0.288 e. The molecule has 0 bridgehead atoms. The van der Waals surface area contributed by atoms with E-state index in [1.165, 1.54) is 11.3 Å². The normalized spacial score (nSPS) is 10.7. The molecule has 0 fully saturated rings. The average molecular weight is 418 g/mol. The fraction of sp³-hybridized carbons (Fsp3) is 0. The Morgan fingerprint density at radius 3 is 1.94 bits per heavy atom. The molecular formula is C28H19NOS. The van der Waals surface area contributed by atoms with Gasteiger partial charge in [-0.05, 0) is 34.7 Å². The van der Waals surface area contributed by atoms with E-state index in [0.29, 0.717) is 16.1 Å². The Morgan fingerprint density at radius 1 is 0.645 bits per heavy atom. The van der Waals surface area contributed by atoms with Crippen LogP contribution in [0.15, 0.2) is 115 Å². The molecule has 0 saturated carbocycles. The molecule has 0 aliphatic carbocycles. The molecule has 0 spiro atoms. The summed E-state index contributed by atoms with van der Waals surface area (Å²) in [6.07, 6.45) is 0. The number of rotatable bonds is 5. The van der Waals surface area contributed by atoms with Crippen molar-refractivity contribution in [3.63, 3.8) is 0 Å². The summed E-state index contributed by atoms with van der Waals surface area (Å²) in [5, 5.41) is 2.98. The minimum absolute atomic E-state index is 0.0134. The van der Waals surface area contributed by atoms with Gasteiger partial charge in [-0.25, -0.2) is 4.98 Å². The molecule has 2 heterocycles. The lowest BCUT2D eigenvalue weighted by atomic mass is 9.88. The number of benzene rings is 3. The van der Waals surface area contributed by atoms with Crippen LogP contribution in [0.5, 0.6) is 0 Å². The Balaban J connectivity index is 1.85. The van der Waals surface area contributed by atoms with Crippen LogP contribution in [-0.2, 0) is 0 Å². The number of pyridine rings is 1. The zero-order valence-electron chi connectivity index (χ0n) is 16.7. The van der Waals surface area contributed by atoms with Crippen LogP contribution in [0.1, 0.15) is 26.5 Å². The molecule has 0 N–H and O–H groups in total. The lowest BCUT2D eigenvalue weighted by Crippen LogP contribution is -2.07. The predicted octanol–water partition coefficient (Wildman–Crippen LogP) is 7.14. The molecule has 0 radical (unpaired) electrons. The van der Waals surface area contributed by atoms with E-state index >= 15 is 0 Å². The van der Waals surface area contributed by atoms with Crippen LogP contribution in [0.2, 0.25) is 0 Å². The van der Waals surface area contributed by atoms with Crippen LogP contribution in [0, 0.1) is 0 Å². The number of carbonyl (C=O) groups is 1. The number of hydrogen-bond donors (Lipinski definition) is 0. The van der Waals surface area contributed by atoms with Gasteiger partial charge in [-0.1, -0.05) is 91.0 Å². The molecule has 5 rings (SSSR count). The van der Waals surface area contributed by atoms with Crippen LogP contribution in [-0.4, -0.2) is 10.8 Å². The van der Waals surface area contributed by atoms with Crippen LogP contribution in [0.3, 0.4) is 0 Å². The van der Waals surface area contributed by atoms with Gasteiger partial charge in [-0.3, -0.25) is 4.79 Å². The van der Waals surface area contributed by atoms with Gasteiger partial charge in [0.15, 0.2) is 0 Å². The van der Waals surface area contributed by atoms with Gasteiger partial charge in [0, 0.05) is 11.0 Å². The molecule has 31 heavy (non-hydrogen) atoms. The number of ketones is 1. The standard InChI is InChI=1S/C28H19NOS/c30-28(25-16-9-19-31-25)27(24-18-17-20-10-7-8-15-23(20)29-24)26(21-11-3-1-4-12-21)22-13-5-2-6-14-22/h1-19H. The summed E-state index contributed by atoms with van der Waals surface area (Å²) in [6, 6.07) is 35.9. The molecule has 148 valence electrons. The van der Waals surface area contributed by atoms with E-state index in [2.05, 4.69) is 0 Å². The van der Waals surface area contributed by atoms with E-state index in [-0.39, 0.29) is 5.78 Å². The number of hydrogen-bond acceptors (Lipinski definition) is 3. The quantitative estimate of drug-likeness (QED) is 0.225. The average Bonchev–Trinajstić information content (AvgIpc) is 3.38. The van der Waals surface area contributed by atoms with Crippen molar-refractivity contribution in [2.45, 2.75) is 0 Å². The summed E-state index contributed by atoms with van der Waals surface area (Å²) >= 11 is 1.45. The fourth-order valence-corrected chi connectivity index (χ4v) is 4.43. The van der Waals surface area contributed by atoms with E-state index in [0.717, 1.165) is 27.6 Å². The first-order valence-electron chi connectivity index (χ1n) is 10.1.